The summed E-state index contributed by atoms with van der Waals surface area (Å²) in [5.41, 5.74) is 3.07. The molecule has 7 heteroatoms. The molecular formula is C25H36BNO5. The van der Waals surface area contributed by atoms with E-state index in [1.54, 1.807) is 24.3 Å². The molecule has 0 radical (unpaired) electrons. The minimum atomic E-state index is -0.668. The van der Waals surface area contributed by atoms with Crippen molar-refractivity contribution in [2.45, 2.75) is 71.8 Å². The minimum absolute atomic E-state index is 0.156. The Morgan fingerprint density at radius 3 is 2.06 bits per heavy atom. The van der Waals surface area contributed by atoms with Crippen LogP contribution in [0.2, 0.25) is 0 Å². The van der Waals surface area contributed by atoms with E-state index in [0.717, 1.165) is 27.9 Å². The highest BCUT2D eigenvalue weighted by molar-refractivity contribution is 6.62. The van der Waals surface area contributed by atoms with E-state index in [0.29, 0.717) is 13.2 Å². The Morgan fingerprint density at radius 2 is 1.53 bits per heavy atom. The van der Waals surface area contributed by atoms with Gasteiger partial charge in [0, 0.05) is 12.6 Å². The number of rotatable bonds is 8. The number of aryl methyl sites for hydroxylation is 2. The Kier molecular flexibility index (Phi) is 7.25. The Labute approximate surface area is 192 Å². The molecule has 0 aliphatic carbocycles. The molecule has 2 aromatic rings. The summed E-state index contributed by atoms with van der Waals surface area (Å²) in [4.78, 5) is 0. The summed E-state index contributed by atoms with van der Waals surface area (Å²) in [5.74, 6) is 1.05. The molecule has 0 saturated carbocycles. The number of nitrogens with one attached hydrogen (secondary N) is 1. The fourth-order valence-corrected chi connectivity index (χ4v) is 3.84. The van der Waals surface area contributed by atoms with Gasteiger partial charge in [-0.2, -0.15) is 0 Å². The molecule has 0 aromatic heterocycles. The molecule has 32 heavy (non-hydrogen) atoms. The second kappa shape index (κ2) is 9.44. The molecule has 3 rings (SSSR count). The van der Waals surface area contributed by atoms with Gasteiger partial charge in [-0.05, 0) is 82.8 Å². The van der Waals surface area contributed by atoms with Crippen molar-refractivity contribution in [3.63, 3.8) is 0 Å². The van der Waals surface area contributed by atoms with Crippen LogP contribution < -0.4 is 15.5 Å². The zero-order chi connectivity index (χ0) is 23.7. The SMILES string of the molecule is Cc1cc(B2OC(C)(C)C(C)(C)O2)cc(C)c1OCCNC(C)C(O)c1ccc(O)cc1. The lowest BCUT2D eigenvalue weighted by atomic mass is 9.77. The fourth-order valence-electron chi connectivity index (χ4n) is 3.84. The largest absolute Gasteiger partial charge is 0.508 e. The van der Waals surface area contributed by atoms with E-state index in [1.807, 2.05) is 20.8 Å². The lowest BCUT2D eigenvalue weighted by Crippen LogP contribution is -2.41. The van der Waals surface area contributed by atoms with Crippen LogP contribution in [0.15, 0.2) is 36.4 Å². The van der Waals surface area contributed by atoms with Crippen LogP contribution in [0.3, 0.4) is 0 Å². The van der Waals surface area contributed by atoms with Gasteiger partial charge in [0.2, 0.25) is 0 Å². The summed E-state index contributed by atoms with van der Waals surface area (Å²) >= 11 is 0. The van der Waals surface area contributed by atoms with Crippen LogP contribution in [0.25, 0.3) is 0 Å². The quantitative estimate of drug-likeness (QED) is 0.431. The number of phenolic OH excluding ortho intramolecular Hbond substituents is 1. The molecule has 1 saturated heterocycles. The summed E-state index contributed by atoms with van der Waals surface area (Å²) in [6, 6.07) is 10.6. The monoisotopic (exact) mass is 441 g/mol. The van der Waals surface area contributed by atoms with Crippen molar-refractivity contribution in [3.05, 3.63) is 53.1 Å². The first-order valence-electron chi connectivity index (χ1n) is 11.2. The van der Waals surface area contributed by atoms with Gasteiger partial charge in [0.15, 0.2) is 0 Å². The fraction of sp³-hybridized carbons (Fsp3) is 0.520. The zero-order valence-corrected chi connectivity index (χ0v) is 20.2. The standard InChI is InChI=1S/C25H36BNO5/c1-16-14-20(26-31-24(4,5)25(6,7)32-26)15-17(2)23(16)30-13-12-27-18(3)22(29)19-8-10-21(28)11-9-19/h8-11,14-15,18,22,27-29H,12-13H2,1-7H3. The second-order valence-electron chi connectivity index (χ2n) is 9.70. The lowest BCUT2D eigenvalue weighted by Gasteiger charge is -2.32. The van der Waals surface area contributed by atoms with E-state index in [9.17, 15) is 10.2 Å². The highest BCUT2D eigenvalue weighted by Gasteiger charge is 2.51. The molecule has 0 amide bonds. The smallest absolute Gasteiger partial charge is 0.494 e. The van der Waals surface area contributed by atoms with Crippen molar-refractivity contribution in [2.75, 3.05) is 13.2 Å². The number of phenols is 1. The van der Waals surface area contributed by atoms with Crippen molar-refractivity contribution in [3.8, 4) is 11.5 Å². The van der Waals surface area contributed by atoms with Crippen molar-refractivity contribution >= 4 is 12.6 Å². The topological polar surface area (TPSA) is 80.2 Å². The molecule has 174 valence electrons. The van der Waals surface area contributed by atoms with E-state index < -0.39 is 13.2 Å². The maximum absolute atomic E-state index is 10.5. The molecule has 2 atom stereocenters. The normalized spacial score (nSPS) is 19.1. The Morgan fingerprint density at radius 1 is 1.00 bits per heavy atom. The number of ether oxygens (including phenoxy) is 1. The molecule has 3 N–H and O–H groups in total. The van der Waals surface area contributed by atoms with E-state index in [2.05, 4.69) is 45.1 Å². The number of hydrogen-bond donors (Lipinski definition) is 3. The maximum Gasteiger partial charge on any atom is 0.494 e. The number of aliphatic hydroxyl groups excluding tert-OH is 1. The average molecular weight is 441 g/mol. The van der Waals surface area contributed by atoms with Crippen LogP contribution in [0.5, 0.6) is 11.5 Å². The molecule has 6 nitrogen and oxygen atoms in total. The van der Waals surface area contributed by atoms with Crippen LogP contribution in [0, 0.1) is 13.8 Å². The number of benzene rings is 2. The third kappa shape index (κ3) is 5.29. The number of hydrogen-bond acceptors (Lipinski definition) is 6. The summed E-state index contributed by atoms with van der Waals surface area (Å²) in [6.45, 7) is 15.3. The summed E-state index contributed by atoms with van der Waals surface area (Å²) in [6.07, 6.45) is -0.668. The molecule has 0 bridgehead atoms. The minimum Gasteiger partial charge on any atom is -0.508 e. The Balaban J connectivity index is 1.55. The number of aromatic hydroxyl groups is 1. The first-order chi connectivity index (χ1) is 14.9. The van der Waals surface area contributed by atoms with Gasteiger partial charge in [0.05, 0.1) is 17.3 Å². The van der Waals surface area contributed by atoms with Gasteiger partial charge in [0.1, 0.15) is 18.1 Å². The van der Waals surface area contributed by atoms with Crippen molar-refractivity contribution in [1.82, 2.24) is 5.32 Å². The predicted molar refractivity (Wildman–Crippen MR) is 128 cm³/mol. The molecular weight excluding hydrogens is 405 g/mol. The Hall–Kier alpha value is -2.06. The van der Waals surface area contributed by atoms with Crippen LogP contribution >= 0.6 is 0 Å². The summed E-state index contributed by atoms with van der Waals surface area (Å²) in [7, 11) is -0.393. The summed E-state index contributed by atoms with van der Waals surface area (Å²) in [5, 5.41) is 23.2. The third-order valence-electron chi connectivity index (χ3n) is 6.53. The van der Waals surface area contributed by atoms with Crippen molar-refractivity contribution < 1.29 is 24.3 Å². The third-order valence-corrected chi connectivity index (χ3v) is 6.53. The van der Waals surface area contributed by atoms with Gasteiger partial charge in [-0.15, -0.1) is 0 Å². The zero-order valence-electron chi connectivity index (χ0n) is 20.2. The molecule has 1 fully saturated rings. The average Bonchev–Trinajstić information content (AvgIpc) is 2.93. The van der Waals surface area contributed by atoms with Gasteiger partial charge < -0.3 is 29.6 Å². The number of aliphatic hydroxyl groups is 1. The van der Waals surface area contributed by atoms with E-state index >= 15 is 0 Å². The van der Waals surface area contributed by atoms with Gasteiger partial charge in [-0.25, -0.2) is 0 Å². The summed E-state index contributed by atoms with van der Waals surface area (Å²) < 4.78 is 18.4. The van der Waals surface area contributed by atoms with Gasteiger partial charge in [0.25, 0.3) is 0 Å². The van der Waals surface area contributed by atoms with Crippen LogP contribution in [-0.2, 0) is 9.31 Å². The van der Waals surface area contributed by atoms with E-state index in [4.69, 9.17) is 14.0 Å². The van der Waals surface area contributed by atoms with Crippen molar-refractivity contribution in [1.29, 1.82) is 0 Å². The van der Waals surface area contributed by atoms with Gasteiger partial charge in [-0.3, -0.25) is 0 Å². The van der Waals surface area contributed by atoms with Crippen molar-refractivity contribution in [2.24, 2.45) is 0 Å². The molecule has 1 aliphatic heterocycles. The molecule has 2 aromatic carbocycles. The highest BCUT2D eigenvalue weighted by atomic mass is 16.7. The lowest BCUT2D eigenvalue weighted by molar-refractivity contribution is 0.00578. The van der Waals surface area contributed by atoms with Gasteiger partial charge >= 0.3 is 7.12 Å². The van der Waals surface area contributed by atoms with E-state index in [-0.39, 0.29) is 23.0 Å². The first kappa shape index (κ1) is 24.6. The Bertz CT molecular complexity index is 889. The first-order valence-corrected chi connectivity index (χ1v) is 11.2. The van der Waals surface area contributed by atoms with Crippen LogP contribution in [-0.4, -0.2) is 47.7 Å². The van der Waals surface area contributed by atoms with Crippen LogP contribution in [0.4, 0.5) is 0 Å². The highest BCUT2D eigenvalue weighted by Crippen LogP contribution is 2.37. The van der Waals surface area contributed by atoms with Crippen LogP contribution in [0.1, 0.15) is 57.4 Å². The molecule has 1 heterocycles. The predicted octanol–water partition coefficient (Wildman–Crippen LogP) is 3.40. The van der Waals surface area contributed by atoms with E-state index in [1.165, 1.54) is 0 Å². The molecule has 2 unspecified atom stereocenters. The van der Waals surface area contributed by atoms with Gasteiger partial charge in [-0.1, -0.05) is 24.3 Å². The molecule has 0 spiro atoms. The maximum atomic E-state index is 10.5. The second-order valence-corrected chi connectivity index (χ2v) is 9.70. The molecule has 1 aliphatic rings.